The maximum Gasteiger partial charge on any atom is 0.242 e. The van der Waals surface area contributed by atoms with E-state index in [1.165, 1.54) is 0 Å². The zero-order valence-electron chi connectivity index (χ0n) is 10.6. The normalized spacial score (nSPS) is 16.0. The number of halogens is 1. The van der Waals surface area contributed by atoms with Gasteiger partial charge in [-0.25, -0.2) is 0 Å². The number of hydrogen-bond acceptors (Lipinski definition) is 3. The largest absolute Gasteiger partial charge is 0.497 e. The summed E-state index contributed by atoms with van der Waals surface area (Å²) in [6, 6.07) is 5.63. The third-order valence-corrected chi connectivity index (χ3v) is 3.79. The number of methoxy groups -OCH3 is 1. The lowest BCUT2D eigenvalue weighted by Gasteiger charge is -2.20. The number of nitrogens with one attached hydrogen (secondary N) is 1. The van der Waals surface area contributed by atoms with Crippen LogP contribution in [0.25, 0.3) is 0 Å². The third-order valence-electron chi connectivity index (χ3n) is 3.01. The van der Waals surface area contributed by atoms with Gasteiger partial charge in [-0.15, -0.1) is 0 Å². The van der Waals surface area contributed by atoms with E-state index in [4.69, 9.17) is 4.74 Å². The van der Waals surface area contributed by atoms with Gasteiger partial charge in [0.2, 0.25) is 11.8 Å². The van der Waals surface area contributed by atoms with E-state index in [9.17, 15) is 9.59 Å². The molecule has 0 atom stereocenters. The van der Waals surface area contributed by atoms with Crippen LogP contribution in [0.2, 0.25) is 0 Å². The van der Waals surface area contributed by atoms with E-state index in [0.717, 1.165) is 15.8 Å². The number of hydrogen-bond donors (Lipinski definition) is 1. The van der Waals surface area contributed by atoms with Crippen LogP contribution in [0.5, 0.6) is 5.75 Å². The van der Waals surface area contributed by atoms with E-state index in [1.807, 2.05) is 18.2 Å². The number of rotatable bonds is 3. The van der Waals surface area contributed by atoms with Crippen molar-refractivity contribution in [2.45, 2.75) is 13.0 Å². The van der Waals surface area contributed by atoms with Gasteiger partial charge in [-0.3, -0.25) is 9.59 Å². The Labute approximate surface area is 120 Å². The number of carbonyl (C=O) groups excluding carboxylic acids is 2. The molecule has 1 aromatic rings. The van der Waals surface area contributed by atoms with Crippen LogP contribution in [0.3, 0.4) is 0 Å². The molecule has 1 aliphatic rings. The fourth-order valence-corrected chi connectivity index (χ4v) is 2.28. The first-order valence-electron chi connectivity index (χ1n) is 5.97. The molecular weight excluding hydrogens is 312 g/mol. The van der Waals surface area contributed by atoms with Crippen LogP contribution in [-0.4, -0.2) is 36.9 Å². The molecule has 5 nitrogen and oxygen atoms in total. The summed E-state index contributed by atoms with van der Waals surface area (Å²) in [6.07, 6.45) is 0.341. The summed E-state index contributed by atoms with van der Waals surface area (Å²) >= 11 is 3.46. The Hall–Kier alpha value is -1.56. The van der Waals surface area contributed by atoms with Crippen molar-refractivity contribution in [1.82, 2.24) is 10.2 Å². The lowest BCUT2D eigenvalue weighted by molar-refractivity contribution is -0.130. The van der Waals surface area contributed by atoms with E-state index in [-0.39, 0.29) is 18.4 Å². The van der Waals surface area contributed by atoms with Crippen molar-refractivity contribution in [3.8, 4) is 5.75 Å². The Morgan fingerprint density at radius 1 is 1.42 bits per heavy atom. The van der Waals surface area contributed by atoms with Gasteiger partial charge in [0.05, 0.1) is 13.7 Å². The van der Waals surface area contributed by atoms with Crippen LogP contribution < -0.4 is 10.1 Å². The third kappa shape index (κ3) is 3.47. The summed E-state index contributed by atoms with van der Waals surface area (Å²) in [5, 5.41) is 2.58. The summed E-state index contributed by atoms with van der Waals surface area (Å²) < 4.78 is 6.10. The van der Waals surface area contributed by atoms with Gasteiger partial charge in [0.1, 0.15) is 5.75 Å². The molecule has 0 bridgehead atoms. The Morgan fingerprint density at radius 2 is 2.21 bits per heavy atom. The summed E-state index contributed by atoms with van der Waals surface area (Å²) in [5.41, 5.74) is 0.960. The topological polar surface area (TPSA) is 58.6 Å². The molecule has 0 unspecified atom stereocenters. The van der Waals surface area contributed by atoms with Crippen LogP contribution in [0.15, 0.2) is 22.7 Å². The van der Waals surface area contributed by atoms with Gasteiger partial charge in [0.25, 0.3) is 0 Å². The average Bonchev–Trinajstić information content (AvgIpc) is 2.56. The molecule has 2 amide bonds. The number of carbonyl (C=O) groups is 2. The summed E-state index contributed by atoms with van der Waals surface area (Å²) in [4.78, 5) is 24.8. The predicted molar refractivity (Wildman–Crippen MR) is 73.7 cm³/mol. The van der Waals surface area contributed by atoms with Crippen LogP contribution in [-0.2, 0) is 16.1 Å². The fraction of sp³-hybridized carbons (Fsp3) is 0.385. The van der Waals surface area contributed by atoms with Crippen molar-refractivity contribution >= 4 is 27.7 Å². The molecule has 1 fully saturated rings. The minimum atomic E-state index is -0.0828. The monoisotopic (exact) mass is 326 g/mol. The van der Waals surface area contributed by atoms with Crippen molar-refractivity contribution in [3.63, 3.8) is 0 Å². The Kier molecular flexibility index (Phi) is 4.42. The highest BCUT2D eigenvalue weighted by Gasteiger charge is 2.20. The van der Waals surface area contributed by atoms with Gasteiger partial charge >= 0.3 is 0 Å². The molecule has 1 N–H and O–H groups in total. The molecule has 1 aromatic carbocycles. The highest BCUT2D eigenvalue weighted by molar-refractivity contribution is 9.10. The zero-order valence-corrected chi connectivity index (χ0v) is 12.2. The van der Waals surface area contributed by atoms with Crippen LogP contribution in [0.4, 0.5) is 0 Å². The minimum Gasteiger partial charge on any atom is -0.497 e. The summed E-state index contributed by atoms with van der Waals surface area (Å²) in [7, 11) is 1.60. The molecule has 6 heteroatoms. The molecule has 1 heterocycles. The van der Waals surface area contributed by atoms with Crippen molar-refractivity contribution in [1.29, 1.82) is 0 Å². The van der Waals surface area contributed by atoms with Crippen LogP contribution in [0.1, 0.15) is 12.0 Å². The Bertz CT molecular complexity index is 505. The van der Waals surface area contributed by atoms with Gasteiger partial charge in [-0.2, -0.15) is 0 Å². The molecule has 0 saturated carbocycles. The van der Waals surface area contributed by atoms with Gasteiger partial charge in [0, 0.05) is 24.0 Å². The summed E-state index contributed by atoms with van der Waals surface area (Å²) in [5.74, 6) is 0.593. The van der Waals surface area contributed by atoms with Crippen molar-refractivity contribution in [3.05, 3.63) is 28.2 Å². The van der Waals surface area contributed by atoms with Gasteiger partial charge in [0.15, 0.2) is 0 Å². The predicted octanol–water partition coefficient (Wildman–Crippen LogP) is 1.31. The molecule has 0 aliphatic carbocycles. The first kappa shape index (κ1) is 13.9. The molecule has 2 rings (SSSR count). The van der Waals surface area contributed by atoms with E-state index in [1.54, 1.807) is 12.0 Å². The minimum absolute atomic E-state index is 0.0689. The van der Waals surface area contributed by atoms with E-state index < -0.39 is 0 Å². The number of amides is 2. The number of ether oxygens (including phenoxy) is 1. The van der Waals surface area contributed by atoms with Crippen molar-refractivity contribution in [2.75, 3.05) is 20.2 Å². The maximum atomic E-state index is 11.9. The Morgan fingerprint density at radius 3 is 2.95 bits per heavy atom. The van der Waals surface area contributed by atoms with Gasteiger partial charge < -0.3 is 15.0 Å². The fourth-order valence-electron chi connectivity index (χ4n) is 1.91. The molecule has 1 saturated heterocycles. The van der Waals surface area contributed by atoms with E-state index in [2.05, 4.69) is 21.2 Å². The first-order valence-corrected chi connectivity index (χ1v) is 6.76. The molecule has 1 aliphatic heterocycles. The second-order valence-corrected chi connectivity index (χ2v) is 5.15. The quantitative estimate of drug-likeness (QED) is 0.911. The van der Waals surface area contributed by atoms with Crippen molar-refractivity contribution < 1.29 is 14.3 Å². The van der Waals surface area contributed by atoms with Crippen LogP contribution in [0, 0.1) is 0 Å². The second-order valence-electron chi connectivity index (χ2n) is 4.30. The highest BCUT2D eigenvalue weighted by Crippen LogP contribution is 2.24. The Balaban J connectivity index is 2.15. The molecule has 0 spiro atoms. The maximum absolute atomic E-state index is 11.9. The molecular formula is C13H15BrN2O3. The number of benzene rings is 1. The molecule has 0 aromatic heterocycles. The highest BCUT2D eigenvalue weighted by atomic mass is 79.9. The van der Waals surface area contributed by atoms with E-state index in [0.29, 0.717) is 19.5 Å². The average molecular weight is 327 g/mol. The lowest BCUT2D eigenvalue weighted by atomic mass is 10.2. The van der Waals surface area contributed by atoms with E-state index >= 15 is 0 Å². The van der Waals surface area contributed by atoms with Crippen LogP contribution >= 0.6 is 15.9 Å². The second kappa shape index (κ2) is 6.06. The van der Waals surface area contributed by atoms with Crippen molar-refractivity contribution in [2.24, 2.45) is 0 Å². The number of nitrogens with zero attached hydrogens (tertiary/aromatic N) is 1. The standard InChI is InChI=1S/C13H15BrN2O3/c1-19-10-2-3-11(14)9(6-10)8-16-5-4-12(17)15-7-13(16)18/h2-3,6H,4-5,7-8H2,1H3,(H,15,17). The SMILES string of the molecule is COc1ccc(Br)c(CN2CCC(=O)NCC2=O)c1. The molecule has 19 heavy (non-hydrogen) atoms. The smallest absolute Gasteiger partial charge is 0.242 e. The first-order chi connectivity index (χ1) is 9.10. The molecule has 0 radical (unpaired) electrons. The lowest BCUT2D eigenvalue weighted by Crippen LogP contribution is -2.34. The molecule has 102 valence electrons. The van der Waals surface area contributed by atoms with Gasteiger partial charge in [-0.05, 0) is 23.8 Å². The summed E-state index contributed by atoms with van der Waals surface area (Å²) in [6.45, 7) is 0.973. The zero-order chi connectivity index (χ0) is 13.8. The van der Waals surface area contributed by atoms with Gasteiger partial charge in [-0.1, -0.05) is 15.9 Å².